The number of likely N-dealkylation sites (tertiary alicyclic amines) is 1. The Bertz CT molecular complexity index is 1180. The van der Waals surface area contributed by atoms with Gasteiger partial charge in [-0.15, -0.1) is 0 Å². The third-order valence-electron chi connectivity index (χ3n) is 5.87. The Labute approximate surface area is 193 Å². The highest BCUT2D eigenvalue weighted by Crippen LogP contribution is 2.43. The molecule has 4 heterocycles. The van der Waals surface area contributed by atoms with E-state index < -0.39 is 5.60 Å². The number of methoxy groups -OCH3 is 1. The van der Waals surface area contributed by atoms with Crippen molar-refractivity contribution >= 4 is 17.6 Å². The van der Waals surface area contributed by atoms with E-state index >= 15 is 0 Å². The van der Waals surface area contributed by atoms with E-state index in [1.807, 2.05) is 49.6 Å². The number of nitrogens with one attached hydrogen (secondary N) is 1. The van der Waals surface area contributed by atoms with E-state index in [1.165, 1.54) is 0 Å². The molecule has 1 saturated carbocycles. The molecule has 5 rings (SSSR count). The van der Waals surface area contributed by atoms with Gasteiger partial charge in [-0.1, -0.05) is 6.07 Å². The third kappa shape index (κ3) is 4.58. The number of ether oxygens (including phenoxy) is 2. The molecule has 9 heteroatoms. The summed E-state index contributed by atoms with van der Waals surface area (Å²) in [6.07, 6.45) is 4.64. The fourth-order valence-electron chi connectivity index (χ4n) is 4.13. The molecular weight excluding hydrogens is 420 g/mol. The number of carbonyl (C=O) groups excluding carboxylic acids is 1. The number of aromatic nitrogens is 4. The fourth-order valence-corrected chi connectivity index (χ4v) is 4.13. The summed E-state index contributed by atoms with van der Waals surface area (Å²) in [6, 6.07) is 7.92. The van der Waals surface area contributed by atoms with E-state index in [-0.39, 0.29) is 12.1 Å². The summed E-state index contributed by atoms with van der Waals surface area (Å²) in [5.74, 6) is 2.01. The first-order chi connectivity index (χ1) is 15.8. The SMILES string of the molecule is COc1cc2ncc(-c3cccc(NC4CCN(C(=O)OC(C)(C)C)C4)n3)n2nc1C1CC1. The second-order valence-electron chi connectivity index (χ2n) is 9.75. The minimum absolute atomic E-state index is 0.117. The molecule has 2 fully saturated rings. The first-order valence-electron chi connectivity index (χ1n) is 11.5. The Kier molecular flexibility index (Phi) is 5.34. The van der Waals surface area contributed by atoms with Crippen molar-refractivity contribution in [3.05, 3.63) is 36.2 Å². The second kappa shape index (κ2) is 8.20. The molecule has 1 unspecified atom stereocenters. The zero-order valence-corrected chi connectivity index (χ0v) is 19.5. The predicted molar refractivity (Wildman–Crippen MR) is 125 cm³/mol. The average molecular weight is 451 g/mol. The first kappa shape index (κ1) is 21.5. The van der Waals surface area contributed by atoms with Crippen LogP contribution in [0.15, 0.2) is 30.5 Å². The molecule has 1 aliphatic heterocycles. The first-order valence-corrected chi connectivity index (χ1v) is 11.5. The number of rotatable bonds is 5. The Morgan fingerprint density at radius 1 is 1.21 bits per heavy atom. The number of hydrogen-bond donors (Lipinski definition) is 1. The van der Waals surface area contributed by atoms with Gasteiger partial charge in [0.15, 0.2) is 5.65 Å². The normalized spacial score (nSPS) is 18.5. The van der Waals surface area contributed by atoms with Crippen LogP contribution in [0, 0.1) is 0 Å². The van der Waals surface area contributed by atoms with Crippen LogP contribution >= 0.6 is 0 Å². The number of nitrogens with zero attached hydrogens (tertiary/aromatic N) is 5. The van der Waals surface area contributed by atoms with Crippen molar-refractivity contribution in [1.29, 1.82) is 0 Å². The molecule has 174 valence electrons. The molecule has 0 spiro atoms. The lowest BCUT2D eigenvalue weighted by Crippen LogP contribution is -2.36. The molecule has 1 amide bonds. The molecule has 1 atom stereocenters. The Morgan fingerprint density at radius 2 is 2.03 bits per heavy atom. The van der Waals surface area contributed by atoms with Crippen molar-refractivity contribution < 1.29 is 14.3 Å². The highest BCUT2D eigenvalue weighted by Gasteiger charge is 2.31. The molecule has 1 aliphatic carbocycles. The number of hydrogen-bond acceptors (Lipinski definition) is 7. The largest absolute Gasteiger partial charge is 0.495 e. The lowest BCUT2D eigenvalue weighted by Gasteiger charge is -2.24. The standard InChI is InChI=1S/C24H30N6O3/c1-24(2,3)33-23(31)29-11-10-16(14-29)26-20-7-5-6-17(27-20)18-13-25-21-12-19(32-4)22(15-8-9-15)28-30(18)21/h5-7,12-13,15-16H,8-11,14H2,1-4H3,(H,26,27). The zero-order valence-electron chi connectivity index (χ0n) is 19.5. The number of anilines is 1. The van der Waals surface area contributed by atoms with Gasteiger partial charge < -0.3 is 19.7 Å². The van der Waals surface area contributed by atoms with Crippen molar-refractivity contribution in [1.82, 2.24) is 24.5 Å². The van der Waals surface area contributed by atoms with Gasteiger partial charge in [0.25, 0.3) is 0 Å². The quantitative estimate of drug-likeness (QED) is 0.625. The number of carbonyl (C=O) groups is 1. The summed E-state index contributed by atoms with van der Waals surface area (Å²) in [4.78, 5) is 23.4. The van der Waals surface area contributed by atoms with E-state index in [4.69, 9.17) is 19.6 Å². The van der Waals surface area contributed by atoms with Crippen LogP contribution in [0.5, 0.6) is 5.75 Å². The maximum absolute atomic E-state index is 12.4. The van der Waals surface area contributed by atoms with Crippen molar-refractivity contribution in [2.45, 2.75) is 57.6 Å². The Hall–Kier alpha value is -3.36. The van der Waals surface area contributed by atoms with Crippen LogP contribution in [0.25, 0.3) is 17.0 Å². The monoisotopic (exact) mass is 450 g/mol. The van der Waals surface area contributed by atoms with Gasteiger partial charge in [-0.2, -0.15) is 5.10 Å². The van der Waals surface area contributed by atoms with E-state index in [0.717, 1.165) is 53.6 Å². The summed E-state index contributed by atoms with van der Waals surface area (Å²) in [7, 11) is 1.67. The molecule has 3 aromatic heterocycles. The average Bonchev–Trinajstić information content (AvgIpc) is 3.36. The van der Waals surface area contributed by atoms with Gasteiger partial charge in [-0.3, -0.25) is 0 Å². The molecular formula is C24H30N6O3. The van der Waals surface area contributed by atoms with E-state index in [1.54, 1.807) is 18.2 Å². The van der Waals surface area contributed by atoms with Gasteiger partial charge in [-0.25, -0.2) is 19.3 Å². The summed E-state index contributed by atoms with van der Waals surface area (Å²) < 4.78 is 12.9. The number of fused-ring (bicyclic) bond motifs is 1. The highest BCUT2D eigenvalue weighted by molar-refractivity contribution is 5.69. The van der Waals surface area contributed by atoms with Crippen molar-refractivity contribution in [3.63, 3.8) is 0 Å². The predicted octanol–water partition coefficient (Wildman–Crippen LogP) is 4.10. The highest BCUT2D eigenvalue weighted by atomic mass is 16.6. The van der Waals surface area contributed by atoms with Gasteiger partial charge in [0.2, 0.25) is 0 Å². The van der Waals surface area contributed by atoms with E-state index in [2.05, 4.69) is 10.3 Å². The van der Waals surface area contributed by atoms with Crippen LogP contribution in [-0.2, 0) is 4.74 Å². The molecule has 2 aliphatic rings. The molecule has 0 bridgehead atoms. The molecule has 3 aromatic rings. The maximum atomic E-state index is 12.4. The summed E-state index contributed by atoms with van der Waals surface area (Å²) in [6.45, 7) is 6.89. The van der Waals surface area contributed by atoms with Crippen molar-refractivity contribution in [2.24, 2.45) is 0 Å². The zero-order chi connectivity index (χ0) is 23.2. The lowest BCUT2D eigenvalue weighted by molar-refractivity contribution is 0.0293. The van der Waals surface area contributed by atoms with Crippen molar-refractivity contribution in [2.75, 3.05) is 25.5 Å². The van der Waals surface area contributed by atoms with E-state index in [9.17, 15) is 4.79 Å². The number of amides is 1. The maximum Gasteiger partial charge on any atom is 0.410 e. The van der Waals surface area contributed by atoms with Gasteiger partial charge >= 0.3 is 6.09 Å². The van der Waals surface area contributed by atoms with Gasteiger partial charge in [-0.05, 0) is 52.2 Å². The summed E-state index contributed by atoms with van der Waals surface area (Å²) in [5, 5.41) is 8.31. The van der Waals surface area contributed by atoms with Crippen LogP contribution in [0.3, 0.4) is 0 Å². The van der Waals surface area contributed by atoms with Gasteiger partial charge in [0.05, 0.1) is 19.0 Å². The Balaban J connectivity index is 1.34. The van der Waals surface area contributed by atoms with Gasteiger partial charge in [0, 0.05) is 31.1 Å². The fraction of sp³-hybridized carbons (Fsp3) is 0.500. The van der Waals surface area contributed by atoms with Crippen LogP contribution in [0.2, 0.25) is 0 Å². The minimum atomic E-state index is -0.496. The third-order valence-corrected chi connectivity index (χ3v) is 5.87. The van der Waals surface area contributed by atoms with E-state index in [0.29, 0.717) is 19.0 Å². The lowest BCUT2D eigenvalue weighted by atomic mass is 10.2. The molecule has 1 N–H and O–H groups in total. The van der Waals surface area contributed by atoms with Crippen LogP contribution in [0.4, 0.5) is 10.6 Å². The topological polar surface area (TPSA) is 93.9 Å². The molecule has 0 aromatic carbocycles. The summed E-state index contributed by atoms with van der Waals surface area (Å²) >= 11 is 0. The molecule has 33 heavy (non-hydrogen) atoms. The second-order valence-corrected chi connectivity index (χ2v) is 9.75. The Morgan fingerprint density at radius 3 is 2.76 bits per heavy atom. The van der Waals surface area contributed by atoms with Crippen molar-refractivity contribution in [3.8, 4) is 17.1 Å². The summed E-state index contributed by atoms with van der Waals surface area (Å²) in [5.41, 5.74) is 2.83. The number of imidazole rings is 1. The molecule has 0 radical (unpaired) electrons. The smallest absolute Gasteiger partial charge is 0.410 e. The van der Waals surface area contributed by atoms with Crippen LogP contribution in [0.1, 0.15) is 51.6 Å². The minimum Gasteiger partial charge on any atom is -0.495 e. The van der Waals surface area contributed by atoms with Crippen LogP contribution < -0.4 is 10.1 Å². The molecule has 1 saturated heterocycles. The van der Waals surface area contributed by atoms with Crippen LogP contribution in [-0.4, -0.2) is 62.4 Å². The number of pyridine rings is 1. The van der Waals surface area contributed by atoms with Gasteiger partial charge in [0.1, 0.15) is 28.6 Å². The molecule has 9 nitrogen and oxygen atoms in total.